The van der Waals surface area contributed by atoms with Crippen molar-refractivity contribution in [2.24, 2.45) is 10.9 Å². The molecule has 1 unspecified atom stereocenters. The molecular weight excluding hydrogens is 346 g/mol. The average molecular weight is 382 g/mol. The molecule has 0 bridgehead atoms. The van der Waals surface area contributed by atoms with Crippen LogP contribution in [0.15, 0.2) is 4.99 Å². The smallest absolute Gasteiger partial charge is 0.243 e. The Labute approximate surface area is 162 Å². The molecule has 0 aromatic rings. The highest BCUT2D eigenvalue weighted by Crippen LogP contribution is 2.26. The van der Waals surface area contributed by atoms with Crippen molar-refractivity contribution < 1.29 is 14.3 Å². The van der Waals surface area contributed by atoms with Crippen LogP contribution in [0.1, 0.15) is 38.5 Å². The number of aliphatic imine (C=N–C) groups is 1. The van der Waals surface area contributed by atoms with Crippen molar-refractivity contribution in [1.29, 1.82) is 0 Å². The fraction of sp³-hybridized carbons (Fsp3) is 0.842. The molecule has 1 saturated heterocycles. The first-order chi connectivity index (χ1) is 13.0. The van der Waals surface area contributed by atoms with Crippen LogP contribution < -0.4 is 10.6 Å². The van der Waals surface area contributed by atoms with E-state index in [2.05, 4.69) is 15.6 Å². The van der Waals surface area contributed by atoms with Gasteiger partial charge in [0.1, 0.15) is 6.54 Å². The van der Waals surface area contributed by atoms with Crippen LogP contribution in [0.3, 0.4) is 0 Å². The summed E-state index contributed by atoms with van der Waals surface area (Å²) in [4.78, 5) is 32.4. The Hall–Kier alpha value is -1.83. The number of methoxy groups -OCH3 is 1. The minimum Gasteiger partial charge on any atom is -0.383 e. The largest absolute Gasteiger partial charge is 0.383 e. The van der Waals surface area contributed by atoms with Crippen molar-refractivity contribution in [3.63, 3.8) is 0 Å². The zero-order valence-electron chi connectivity index (χ0n) is 17.0. The lowest BCUT2D eigenvalue weighted by atomic mass is 9.88. The molecule has 2 N–H and O–H groups in total. The summed E-state index contributed by atoms with van der Waals surface area (Å²) in [5, 5.41) is 6.56. The number of hydrogen-bond donors (Lipinski definition) is 2. The van der Waals surface area contributed by atoms with Crippen LogP contribution in [-0.2, 0) is 14.3 Å². The SMILES string of the molecule is COCCNC(=NCC(=O)N(C)C)NC1CCN(C(=O)C2CCCCC2)C1. The molecule has 27 heavy (non-hydrogen) atoms. The molecular formula is C19H35N5O3. The van der Waals surface area contributed by atoms with E-state index >= 15 is 0 Å². The van der Waals surface area contributed by atoms with Crippen LogP contribution in [0, 0.1) is 5.92 Å². The van der Waals surface area contributed by atoms with Gasteiger partial charge in [0.05, 0.1) is 6.61 Å². The molecule has 8 nitrogen and oxygen atoms in total. The Balaban J connectivity index is 1.87. The van der Waals surface area contributed by atoms with E-state index in [0.29, 0.717) is 31.6 Å². The standard InChI is InChI=1S/C19H35N5O3/c1-23(2)17(25)13-21-19(20-10-12-27-3)22-16-9-11-24(14-16)18(26)15-7-5-4-6-8-15/h15-16H,4-14H2,1-3H3,(H2,20,21,22). The van der Waals surface area contributed by atoms with Gasteiger partial charge in [-0.3, -0.25) is 9.59 Å². The van der Waals surface area contributed by atoms with E-state index in [1.54, 1.807) is 21.2 Å². The van der Waals surface area contributed by atoms with E-state index in [9.17, 15) is 9.59 Å². The Bertz CT molecular complexity index is 517. The van der Waals surface area contributed by atoms with E-state index in [1.807, 2.05) is 4.90 Å². The lowest BCUT2D eigenvalue weighted by Crippen LogP contribution is -2.46. The molecule has 2 aliphatic rings. The Kier molecular flexibility index (Phi) is 8.84. The number of hydrogen-bond acceptors (Lipinski definition) is 4. The summed E-state index contributed by atoms with van der Waals surface area (Å²) < 4.78 is 5.07. The van der Waals surface area contributed by atoms with E-state index in [1.165, 1.54) is 24.2 Å². The van der Waals surface area contributed by atoms with Gasteiger partial charge in [-0.05, 0) is 19.3 Å². The molecule has 1 aliphatic heterocycles. The summed E-state index contributed by atoms with van der Waals surface area (Å²) >= 11 is 0. The molecule has 0 aromatic carbocycles. The highest BCUT2D eigenvalue weighted by atomic mass is 16.5. The first-order valence-corrected chi connectivity index (χ1v) is 10.0. The summed E-state index contributed by atoms with van der Waals surface area (Å²) in [6.07, 6.45) is 6.56. The molecule has 0 aromatic heterocycles. The van der Waals surface area contributed by atoms with Crippen LogP contribution in [0.5, 0.6) is 0 Å². The number of carbonyl (C=O) groups is 2. The molecule has 1 heterocycles. The first kappa shape index (κ1) is 21.5. The number of nitrogens with one attached hydrogen (secondary N) is 2. The maximum atomic E-state index is 12.7. The molecule has 2 rings (SSSR count). The number of likely N-dealkylation sites (N-methyl/N-ethyl adjacent to an activating group) is 1. The predicted octanol–water partition coefficient (Wildman–Crippen LogP) is 0.437. The number of rotatable bonds is 7. The zero-order valence-corrected chi connectivity index (χ0v) is 17.0. The molecule has 2 fully saturated rings. The van der Waals surface area contributed by atoms with E-state index in [0.717, 1.165) is 25.8 Å². The number of amides is 2. The van der Waals surface area contributed by atoms with Crippen molar-refractivity contribution in [1.82, 2.24) is 20.4 Å². The Morgan fingerprint density at radius 2 is 1.93 bits per heavy atom. The second kappa shape index (κ2) is 11.1. The fourth-order valence-corrected chi connectivity index (χ4v) is 3.59. The molecule has 2 amide bonds. The molecule has 1 aliphatic carbocycles. The number of carbonyl (C=O) groups excluding carboxylic acids is 2. The minimum atomic E-state index is -0.0524. The van der Waals surface area contributed by atoms with Gasteiger partial charge in [0.2, 0.25) is 11.8 Å². The third kappa shape index (κ3) is 7.01. The number of guanidine groups is 1. The fourth-order valence-electron chi connectivity index (χ4n) is 3.59. The number of likely N-dealkylation sites (tertiary alicyclic amines) is 1. The number of nitrogens with zero attached hydrogens (tertiary/aromatic N) is 3. The second-order valence-corrected chi connectivity index (χ2v) is 7.62. The third-order valence-corrected chi connectivity index (χ3v) is 5.27. The summed E-state index contributed by atoms with van der Waals surface area (Å²) in [6.45, 7) is 2.74. The van der Waals surface area contributed by atoms with Crippen molar-refractivity contribution in [3.05, 3.63) is 0 Å². The van der Waals surface area contributed by atoms with Crippen LogP contribution in [-0.4, -0.2) is 87.6 Å². The van der Waals surface area contributed by atoms with Crippen molar-refractivity contribution in [3.8, 4) is 0 Å². The first-order valence-electron chi connectivity index (χ1n) is 10.0. The minimum absolute atomic E-state index is 0.0524. The van der Waals surface area contributed by atoms with Crippen molar-refractivity contribution in [2.45, 2.75) is 44.6 Å². The monoisotopic (exact) mass is 381 g/mol. The van der Waals surface area contributed by atoms with Gasteiger partial charge >= 0.3 is 0 Å². The zero-order chi connectivity index (χ0) is 19.6. The van der Waals surface area contributed by atoms with Gasteiger partial charge in [-0.25, -0.2) is 4.99 Å². The molecule has 154 valence electrons. The predicted molar refractivity (Wildman–Crippen MR) is 106 cm³/mol. The van der Waals surface area contributed by atoms with Gasteiger partial charge in [0.25, 0.3) is 0 Å². The van der Waals surface area contributed by atoms with E-state index in [4.69, 9.17) is 4.74 Å². The molecule has 1 saturated carbocycles. The van der Waals surface area contributed by atoms with Gasteiger partial charge in [0, 0.05) is 52.8 Å². The van der Waals surface area contributed by atoms with Crippen LogP contribution in [0.2, 0.25) is 0 Å². The maximum Gasteiger partial charge on any atom is 0.243 e. The normalized spacial score (nSPS) is 21.2. The van der Waals surface area contributed by atoms with Gasteiger partial charge in [-0.15, -0.1) is 0 Å². The Morgan fingerprint density at radius 1 is 1.19 bits per heavy atom. The molecule has 8 heteroatoms. The summed E-state index contributed by atoms with van der Waals surface area (Å²) in [5.74, 6) is 1.07. The average Bonchev–Trinajstić information content (AvgIpc) is 3.14. The van der Waals surface area contributed by atoms with Crippen LogP contribution in [0.4, 0.5) is 0 Å². The quantitative estimate of drug-likeness (QED) is 0.380. The van der Waals surface area contributed by atoms with Gasteiger partial charge in [-0.2, -0.15) is 0 Å². The topological polar surface area (TPSA) is 86.3 Å². The van der Waals surface area contributed by atoms with Crippen molar-refractivity contribution >= 4 is 17.8 Å². The Morgan fingerprint density at radius 3 is 2.59 bits per heavy atom. The molecule has 0 radical (unpaired) electrons. The lowest BCUT2D eigenvalue weighted by molar-refractivity contribution is -0.135. The van der Waals surface area contributed by atoms with E-state index in [-0.39, 0.29) is 24.4 Å². The van der Waals surface area contributed by atoms with E-state index < -0.39 is 0 Å². The van der Waals surface area contributed by atoms with Crippen LogP contribution in [0.25, 0.3) is 0 Å². The van der Waals surface area contributed by atoms with Crippen LogP contribution >= 0.6 is 0 Å². The van der Waals surface area contributed by atoms with Gasteiger partial charge in [0.15, 0.2) is 5.96 Å². The maximum absolute atomic E-state index is 12.7. The summed E-state index contributed by atoms with van der Waals surface area (Å²) in [5.41, 5.74) is 0. The summed E-state index contributed by atoms with van der Waals surface area (Å²) in [7, 11) is 5.08. The number of ether oxygens (including phenoxy) is 1. The van der Waals surface area contributed by atoms with Gasteiger partial charge < -0.3 is 25.2 Å². The van der Waals surface area contributed by atoms with Gasteiger partial charge in [-0.1, -0.05) is 19.3 Å². The lowest BCUT2D eigenvalue weighted by Gasteiger charge is -2.26. The highest BCUT2D eigenvalue weighted by Gasteiger charge is 2.31. The van der Waals surface area contributed by atoms with Crippen molar-refractivity contribution in [2.75, 3.05) is 54.0 Å². The second-order valence-electron chi connectivity index (χ2n) is 7.62. The third-order valence-electron chi connectivity index (χ3n) is 5.27. The molecule has 1 atom stereocenters. The molecule has 0 spiro atoms. The summed E-state index contributed by atoms with van der Waals surface area (Å²) in [6, 6.07) is 0.154. The highest BCUT2D eigenvalue weighted by molar-refractivity contribution is 5.85.